The summed E-state index contributed by atoms with van der Waals surface area (Å²) in [5.74, 6) is -3.80. The summed E-state index contributed by atoms with van der Waals surface area (Å²) in [7, 11) is 0. The standard InChI is InChI=1S/C13H14F2N2O4/c14-9-3-8(12(18)19)11(4-10(9)15)17-13(20)16-5-7-1-2-21-6-7/h3-4,7H,1-2,5-6H2,(H,18,19)(H2,16,17,20). The molecule has 6 nitrogen and oxygen atoms in total. The molecule has 1 heterocycles. The first-order valence-corrected chi connectivity index (χ1v) is 6.32. The molecule has 1 atom stereocenters. The number of carboxylic acids is 1. The van der Waals surface area contributed by atoms with Crippen molar-refractivity contribution >= 4 is 17.7 Å². The quantitative estimate of drug-likeness (QED) is 0.791. The number of ether oxygens (including phenoxy) is 1. The predicted octanol–water partition coefficient (Wildman–Crippen LogP) is 1.82. The monoisotopic (exact) mass is 300 g/mol. The van der Waals surface area contributed by atoms with Gasteiger partial charge in [-0.1, -0.05) is 0 Å². The van der Waals surface area contributed by atoms with Gasteiger partial charge in [0.1, 0.15) is 0 Å². The third-order valence-electron chi connectivity index (χ3n) is 3.11. The Hall–Kier alpha value is -2.22. The first-order chi connectivity index (χ1) is 9.97. The van der Waals surface area contributed by atoms with E-state index in [2.05, 4.69) is 10.6 Å². The highest BCUT2D eigenvalue weighted by Crippen LogP contribution is 2.20. The molecule has 21 heavy (non-hydrogen) atoms. The molecule has 0 bridgehead atoms. The second-order valence-corrected chi connectivity index (χ2v) is 4.68. The van der Waals surface area contributed by atoms with Crippen molar-refractivity contribution in [1.82, 2.24) is 5.32 Å². The summed E-state index contributed by atoms with van der Waals surface area (Å²) < 4.78 is 31.3. The van der Waals surface area contributed by atoms with Gasteiger partial charge >= 0.3 is 12.0 Å². The number of aromatic carboxylic acids is 1. The molecule has 0 radical (unpaired) electrons. The molecule has 2 amide bonds. The van der Waals surface area contributed by atoms with Crippen LogP contribution in [0.15, 0.2) is 12.1 Å². The zero-order valence-corrected chi connectivity index (χ0v) is 11.0. The Morgan fingerprint density at radius 1 is 1.33 bits per heavy atom. The zero-order valence-electron chi connectivity index (χ0n) is 11.0. The highest BCUT2D eigenvalue weighted by molar-refractivity contribution is 6.00. The fourth-order valence-corrected chi connectivity index (χ4v) is 1.98. The van der Waals surface area contributed by atoms with E-state index in [-0.39, 0.29) is 11.6 Å². The summed E-state index contributed by atoms with van der Waals surface area (Å²) in [6.07, 6.45) is 0.825. The number of halogens is 2. The zero-order chi connectivity index (χ0) is 15.4. The van der Waals surface area contributed by atoms with Crippen LogP contribution in [-0.2, 0) is 4.74 Å². The van der Waals surface area contributed by atoms with Gasteiger partial charge in [0.15, 0.2) is 11.6 Å². The van der Waals surface area contributed by atoms with E-state index in [4.69, 9.17) is 9.84 Å². The Morgan fingerprint density at radius 3 is 2.67 bits per heavy atom. The van der Waals surface area contributed by atoms with Gasteiger partial charge < -0.3 is 20.5 Å². The molecule has 114 valence electrons. The number of anilines is 1. The van der Waals surface area contributed by atoms with Crippen molar-refractivity contribution in [1.29, 1.82) is 0 Å². The topological polar surface area (TPSA) is 87.7 Å². The van der Waals surface area contributed by atoms with Gasteiger partial charge in [0.2, 0.25) is 0 Å². The molecule has 1 fully saturated rings. The van der Waals surface area contributed by atoms with Crippen LogP contribution >= 0.6 is 0 Å². The lowest BCUT2D eigenvalue weighted by atomic mass is 10.1. The maximum atomic E-state index is 13.1. The molecule has 3 N–H and O–H groups in total. The van der Waals surface area contributed by atoms with Crippen molar-refractivity contribution < 1.29 is 28.2 Å². The number of amides is 2. The minimum absolute atomic E-state index is 0.194. The number of hydrogen-bond acceptors (Lipinski definition) is 3. The van der Waals surface area contributed by atoms with Crippen molar-refractivity contribution in [3.63, 3.8) is 0 Å². The van der Waals surface area contributed by atoms with E-state index in [0.717, 1.165) is 6.42 Å². The van der Waals surface area contributed by atoms with Gasteiger partial charge in [-0.05, 0) is 12.5 Å². The Bertz CT molecular complexity index is 559. The van der Waals surface area contributed by atoms with E-state index >= 15 is 0 Å². The predicted molar refractivity (Wildman–Crippen MR) is 69.3 cm³/mol. The van der Waals surface area contributed by atoms with Crippen molar-refractivity contribution in [2.45, 2.75) is 6.42 Å². The SMILES string of the molecule is O=C(NCC1CCOC1)Nc1cc(F)c(F)cc1C(=O)O. The van der Waals surface area contributed by atoms with Crippen molar-refractivity contribution in [2.24, 2.45) is 5.92 Å². The fraction of sp³-hybridized carbons (Fsp3) is 0.385. The van der Waals surface area contributed by atoms with Gasteiger partial charge in [0.25, 0.3) is 0 Å². The Labute approximate surface area is 119 Å². The van der Waals surface area contributed by atoms with Gasteiger partial charge in [-0.15, -0.1) is 0 Å². The summed E-state index contributed by atoms with van der Waals surface area (Å²) in [6, 6.07) is 0.477. The summed E-state index contributed by atoms with van der Waals surface area (Å²) in [6.45, 7) is 1.55. The molecule has 0 aromatic heterocycles. The van der Waals surface area contributed by atoms with E-state index < -0.39 is 29.2 Å². The van der Waals surface area contributed by atoms with E-state index in [9.17, 15) is 18.4 Å². The van der Waals surface area contributed by atoms with Crippen molar-refractivity contribution in [3.8, 4) is 0 Å². The molecular weight excluding hydrogens is 286 g/mol. The average Bonchev–Trinajstić information content (AvgIpc) is 2.93. The molecule has 1 aliphatic heterocycles. The minimum atomic E-state index is -1.46. The van der Waals surface area contributed by atoms with Crippen LogP contribution in [0.25, 0.3) is 0 Å². The number of carboxylic acid groups (broad SMARTS) is 1. The average molecular weight is 300 g/mol. The first kappa shape index (κ1) is 15.2. The number of hydrogen-bond donors (Lipinski definition) is 3. The first-order valence-electron chi connectivity index (χ1n) is 6.32. The van der Waals surface area contributed by atoms with Crippen LogP contribution in [0.3, 0.4) is 0 Å². The molecule has 2 rings (SSSR count). The number of benzene rings is 1. The minimum Gasteiger partial charge on any atom is -0.478 e. The summed E-state index contributed by atoms with van der Waals surface area (Å²) in [5.41, 5.74) is -0.824. The van der Waals surface area contributed by atoms with E-state index in [1.165, 1.54) is 0 Å². The second kappa shape index (κ2) is 6.49. The van der Waals surface area contributed by atoms with Gasteiger partial charge in [0.05, 0.1) is 17.9 Å². The molecule has 0 aliphatic carbocycles. The number of nitrogens with one attached hydrogen (secondary N) is 2. The van der Waals surface area contributed by atoms with E-state index in [1.54, 1.807) is 0 Å². The van der Waals surface area contributed by atoms with Crippen LogP contribution in [0.2, 0.25) is 0 Å². The normalized spacial score (nSPS) is 17.5. The van der Waals surface area contributed by atoms with Gasteiger partial charge in [-0.3, -0.25) is 0 Å². The van der Waals surface area contributed by atoms with Crippen LogP contribution in [0.4, 0.5) is 19.3 Å². The molecule has 1 aliphatic rings. The molecule has 0 saturated carbocycles. The molecule has 1 saturated heterocycles. The number of urea groups is 1. The van der Waals surface area contributed by atoms with Crippen molar-refractivity contribution in [3.05, 3.63) is 29.3 Å². The van der Waals surface area contributed by atoms with Crippen LogP contribution < -0.4 is 10.6 Å². The smallest absolute Gasteiger partial charge is 0.337 e. The molecule has 1 aromatic carbocycles. The lowest BCUT2D eigenvalue weighted by molar-refractivity contribution is 0.0697. The summed E-state index contributed by atoms with van der Waals surface area (Å²) >= 11 is 0. The number of carbonyl (C=O) groups excluding carboxylic acids is 1. The Balaban J connectivity index is 2.02. The van der Waals surface area contributed by atoms with Crippen LogP contribution in [0, 0.1) is 17.6 Å². The van der Waals surface area contributed by atoms with Crippen molar-refractivity contribution in [2.75, 3.05) is 25.1 Å². The summed E-state index contributed by atoms with van der Waals surface area (Å²) in [4.78, 5) is 22.6. The van der Waals surface area contributed by atoms with Gasteiger partial charge in [0, 0.05) is 25.1 Å². The molecule has 1 aromatic rings. The fourth-order valence-electron chi connectivity index (χ4n) is 1.98. The third-order valence-corrected chi connectivity index (χ3v) is 3.11. The largest absolute Gasteiger partial charge is 0.478 e. The highest BCUT2D eigenvalue weighted by atomic mass is 19.2. The van der Waals surface area contributed by atoms with Crippen LogP contribution in [-0.4, -0.2) is 36.9 Å². The lowest BCUT2D eigenvalue weighted by Crippen LogP contribution is -2.33. The highest BCUT2D eigenvalue weighted by Gasteiger charge is 2.19. The number of carbonyl (C=O) groups is 2. The van der Waals surface area contributed by atoms with Gasteiger partial charge in [-0.25, -0.2) is 18.4 Å². The molecular formula is C13H14F2N2O4. The molecule has 0 spiro atoms. The van der Waals surface area contributed by atoms with Gasteiger partial charge in [-0.2, -0.15) is 0 Å². The third kappa shape index (κ3) is 3.88. The Kier molecular flexibility index (Phi) is 4.69. The van der Waals surface area contributed by atoms with Crippen LogP contribution in [0.1, 0.15) is 16.8 Å². The lowest BCUT2D eigenvalue weighted by Gasteiger charge is -2.12. The summed E-state index contributed by atoms with van der Waals surface area (Å²) in [5, 5.41) is 13.7. The van der Waals surface area contributed by atoms with E-state index in [1.807, 2.05) is 0 Å². The van der Waals surface area contributed by atoms with E-state index in [0.29, 0.717) is 31.9 Å². The second-order valence-electron chi connectivity index (χ2n) is 4.68. The maximum absolute atomic E-state index is 13.1. The molecule has 8 heteroatoms. The van der Waals surface area contributed by atoms with Crippen LogP contribution in [0.5, 0.6) is 0 Å². The maximum Gasteiger partial charge on any atom is 0.337 e. The molecule has 1 unspecified atom stereocenters. The number of rotatable bonds is 4. The Morgan fingerprint density at radius 2 is 2.05 bits per heavy atom.